The van der Waals surface area contributed by atoms with Gasteiger partial charge in [-0.1, -0.05) is 32.9 Å². The van der Waals surface area contributed by atoms with E-state index in [9.17, 15) is 0 Å². The van der Waals surface area contributed by atoms with Crippen LogP contribution >= 0.6 is 15.9 Å². The van der Waals surface area contributed by atoms with Crippen molar-refractivity contribution in [2.75, 3.05) is 6.61 Å². The van der Waals surface area contributed by atoms with E-state index >= 15 is 0 Å². The van der Waals surface area contributed by atoms with Crippen LogP contribution in [0.2, 0.25) is 18.1 Å². The van der Waals surface area contributed by atoms with Gasteiger partial charge in [-0.05, 0) is 60.0 Å². The molecule has 1 atom stereocenters. The molecule has 1 aromatic rings. The molecule has 23 heavy (non-hydrogen) atoms. The number of benzene rings is 1. The van der Waals surface area contributed by atoms with E-state index in [0.29, 0.717) is 12.5 Å². The highest BCUT2D eigenvalue weighted by atomic mass is 79.9. The van der Waals surface area contributed by atoms with E-state index in [2.05, 4.69) is 63.6 Å². The summed E-state index contributed by atoms with van der Waals surface area (Å²) in [7, 11) is -1.85. The van der Waals surface area contributed by atoms with E-state index < -0.39 is 8.32 Å². The summed E-state index contributed by atoms with van der Waals surface area (Å²) in [6.45, 7) is 16.2. The number of rotatable bonds is 4. The normalized spacial score (nSPS) is 19.5. The first-order valence-electron chi connectivity index (χ1n) is 8.10. The van der Waals surface area contributed by atoms with Gasteiger partial charge < -0.3 is 9.16 Å². The fourth-order valence-corrected chi connectivity index (χ4v) is 4.60. The molecule has 0 saturated heterocycles. The molecule has 0 saturated carbocycles. The van der Waals surface area contributed by atoms with E-state index in [1.807, 2.05) is 24.3 Å². The molecular weight excluding hydrogens is 370 g/mol. The molecule has 0 N–H and O–H groups in total. The summed E-state index contributed by atoms with van der Waals surface area (Å²) >= 11 is 3.57. The first-order chi connectivity index (χ1) is 10.4. The standard InChI is InChI=1S/C18H28BrNO2Si/c1-17(2,3)23(6,7)22-18(4,5)15-12-21-16(20-15)13-10-8-9-11-14(13)19/h8-11,15H,12H2,1-7H3/t15-/m1/s1. The summed E-state index contributed by atoms with van der Waals surface area (Å²) in [5.41, 5.74) is 0.657. The first-order valence-corrected chi connectivity index (χ1v) is 11.8. The molecule has 0 unspecified atom stereocenters. The zero-order valence-electron chi connectivity index (χ0n) is 15.2. The van der Waals surface area contributed by atoms with Crippen molar-refractivity contribution in [2.45, 2.75) is 64.4 Å². The number of nitrogens with zero attached hydrogens (tertiary/aromatic N) is 1. The minimum Gasteiger partial charge on any atom is -0.475 e. The lowest BCUT2D eigenvalue weighted by Crippen LogP contribution is -2.52. The van der Waals surface area contributed by atoms with Crippen LogP contribution in [0.1, 0.15) is 40.2 Å². The second-order valence-electron chi connectivity index (χ2n) is 8.21. The highest BCUT2D eigenvalue weighted by Crippen LogP contribution is 2.40. The van der Waals surface area contributed by atoms with Crippen LogP contribution in [0.5, 0.6) is 0 Å². The van der Waals surface area contributed by atoms with Crippen LogP contribution in [0.25, 0.3) is 0 Å². The topological polar surface area (TPSA) is 30.8 Å². The van der Waals surface area contributed by atoms with Crippen molar-refractivity contribution in [3.05, 3.63) is 34.3 Å². The summed E-state index contributed by atoms with van der Waals surface area (Å²) in [6, 6.07) is 8.03. The Morgan fingerprint density at radius 3 is 2.35 bits per heavy atom. The number of aliphatic imine (C=N–C) groups is 1. The number of halogens is 1. The van der Waals surface area contributed by atoms with Crippen LogP contribution in [0, 0.1) is 0 Å². The van der Waals surface area contributed by atoms with Gasteiger partial charge in [0.15, 0.2) is 8.32 Å². The molecule has 0 bridgehead atoms. The number of hydrogen-bond acceptors (Lipinski definition) is 3. The third-order valence-corrected chi connectivity index (χ3v) is 10.2. The van der Waals surface area contributed by atoms with Gasteiger partial charge in [0.2, 0.25) is 5.90 Å². The van der Waals surface area contributed by atoms with Crippen molar-refractivity contribution in [3.63, 3.8) is 0 Å². The Hall–Kier alpha value is -0.653. The molecule has 3 nitrogen and oxygen atoms in total. The van der Waals surface area contributed by atoms with E-state index in [1.54, 1.807) is 0 Å². The third kappa shape index (κ3) is 4.06. The Balaban J connectivity index is 2.21. The van der Waals surface area contributed by atoms with Crippen molar-refractivity contribution >= 4 is 30.1 Å². The largest absolute Gasteiger partial charge is 0.475 e. The average Bonchev–Trinajstić information content (AvgIpc) is 2.87. The van der Waals surface area contributed by atoms with Crippen molar-refractivity contribution in [3.8, 4) is 0 Å². The van der Waals surface area contributed by atoms with Crippen molar-refractivity contribution < 1.29 is 9.16 Å². The van der Waals surface area contributed by atoms with E-state index in [0.717, 1.165) is 10.0 Å². The van der Waals surface area contributed by atoms with Gasteiger partial charge in [-0.3, -0.25) is 0 Å². The zero-order valence-corrected chi connectivity index (χ0v) is 17.8. The molecule has 1 aromatic carbocycles. The first kappa shape index (κ1) is 18.7. The summed E-state index contributed by atoms with van der Waals surface area (Å²) in [4.78, 5) is 4.82. The monoisotopic (exact) mass is 397 g/mol. The predicted octanol–water partition coefficient (Wildman–Crippen LogP) is 5.39. The minimum atomic E-state index is -1.85. The molecular formula is C18H28BrNO2Si. The lowest BCUT2D eigenvalue weighted by Gasteiger charge is -2.43. The minimum absolute atomic E-state index is 0.0127. The Labute approximate surface area is 149 Å². The molecule has 0 fully saturated rings. The number of hydrogen-bond donors (Lipinski definition) is 0. The summed E-state index contributed by atoms with van der Waals surface area (Å²) in [6.07, 6.45) is 0. The van der Waals surface area contributed by atoms with Crippen LogP contribution in [0.4, 0.5) is 0 Å². The van der Waals surface area contributed by atoms with Gasteiger partial charge in [0.25, 0.3) is 0 Å². The van der Waals surface area contributed by atoms with Gasteiger partial charge in [-0.2, -0.15) is 0 Å². The van der Waals surface area contributed by atoms with Gasteiger partial charge in [0.05, 0.1) is 11.2 Å². The Bertz CT molecular complexity index is 605. The molecule has 0 aliphatic carbocycles. The molecule has 1 aliphatic heterocycles. The summed E-state index contributed by atoms with van der Waals surface area (Å²) < 4.78 is 13.5. The van der Waals surface area contributed by atoms with Crippen molar-refractivity contribution in [2.24, 2.45) is 4.99 Å². The lowest BCUT2D eigenvalue weighted by atomic mass is 10.0. The van der Waals surface area contributed by atoms with Crippen LogP contribution in [-0.4, -0.2) is 32.5 Å². The molecule has 0 aromatic heterocycles. The molecule has 1 aliphatic rings. The molecule has 0 radical (unpaired) electrons. The van der Waals surface area contributed by atoms with Crippen molar-refractivity contribution in [1.82, 2.24) is 0 Å². The molecule has 2 rings (SSSR count). The highest BCUT2D eigenvalue weighted by Gasteiger charge is 2.45. The highest BCUT2D eigenvalue weighted by molar-refractivity contribution is 9.10. The smallest absolute Gasteiger partial charge is 0.217 e. The summed E-state index contributed by atoms with van der Waals surface area (Å²) in [5.74, 6) is 0.703. The van der Waals surface area contributed by atoms with Gasteiger partial charge in [-0.15, -0.1) is 0 Å². The van der Waals surface area contributed by atoms with E-state index in [4.69, 9.17) is 14.2 Å². The second kappa shape index (κ2) is 6.34. The Morgan fingerprint density at radius 2 is 1.78 bits per heavy atom. The SMILES string of the molecule is CC(C)(O[Si](C)(C)C(C)(C)C)[C@H]1COC(c2ccccc2Br)=N1. The third-order valence-electron chi connectivity index (χ3n) is 4.88. The Morgan fingerprint density at radius 1 is 1.17 bits per heavy atom. The maximum absolute atomic E-state index is 6.63. The fraction of sp³-hybridized carbons (Fsp3) is 0.611. The number of ether oxygens (including phenoxy) is 1. The van der Waals surface area contributed by atoms with Crippen LogP contribution in [-0.2, 0) is 9.16 Å². The van der Waals surface area contributed by atoms with E-state index in [1.165, 1.54) is 0 Å². The summed E-state index contributed by atoms with van der Waals surface area (Å²) in [5, 5.41) is 0.179. The van der Waals surface area contributed by atoms with Crippen LogP contribution < -0.4 is 0 Å². The molecule has 1 heterocycles. The quantitative estimate of drug-likeness (QED) is 0.637. The van der Waals surface area contributed by atoms with Gasteiger partial charge in [0.1, 0.15) is 12.6 Å². The van der Waals surface area contributed by atoms with Crippen molar-refractivity contribution in [1.29, 1.82) is 0 Å². The second-order valence-corrected chi connectivity index (χ2v) is 13.8. The predicted molar refractivity (Wildman–Crippen MR) is 103 cm³/mol. The fourth-order valence-electron chi connectivity index (χ4n) is 2.39. The van der Waals surface area contributed by atoms with Crippen LogP contribution in [0.3, 0.4) is 0 Å². The van der Waals surface area contributed by atoms with Gasteiger partial charge in [-0.25, -0.2) is 4.99 Å². The maximum Gasteiger partial charge on any atom is 0.217 e. The average molecular weight is 398 g/mol. The zero-order chi connectivity index (χ0) is 17.5. The molecule has 128 valence electrons. The molecule has 5 heteroatoms. The lowest BCUT2D eigenvalue weighted by molar-refractivity contribution is 0.0548. The van der Waals surface area contributed by atoms with Gasteiger partial charge in [0, 0.05) is 4.47 Å². The molecule has 0 amide bonds. The molecule has 0 spiro atoms. The Kier molecular flexibility index (Phi) is 5.15. The van der Waals surface area contributed by atoms with Gasteiger partial charge >= 0.3 is 0 Å². The maximum atomic E-state index is 6.63. The van der Waals surface area contributed by atoms with E-state index in [-0.39, 0.29) is 16.7 Å². The van der Waals surface area contributed by atoms with Crippen LogP contribution in [0.15, 0.2) is 33.7 Å².